The van der Waals surface area contributed by atoms with Crippen LogP contribution in [0, 0.1) is 19.3 Å². The highest BCUT2D eigenvalue weighted by Gasteiger charge is 2.14. The predicted molar refractivity (Wildman–Crippen MR) is 58.0 cm³/mol. The van der Waals surface area contributed by atoms with Gasteiger partial charge in [0, 0.05) is 0 Å². The van der Waals surface area contributed by atoms with Crippen LogP contribution in [-0.2, 0) is 0 Å². The van der Waals surface area contributed by atoms with E-state index >= 15 is 0 Å². The van der Waals surface area contributed by atoms with Crippen molar-refractivity contribution in [3.8, 4) is 12.3 Å². The van der Waals surface area contributed by atoms with Gasteiger partial charge in [0.1, 0.15) is 18.2 Å². The lowest BCUT2D eigenvalue weighted by molar-refractivity contribution is 0.607. The van der Waals surface area contributed by atoms with Crippen molar-refractivity contribution in [2.45, 2.75) is 19.9 Å². The number of hydrogen-bond acceptors (Lipinski definition) is 4. The smallest absolute Gasteiger partial charge is 0.164 e. The van der Waals surface area contributed by atoms with E-state index in [1.54, 1.807) is 4.68 Å². The Morgan fingerprint density at radius 2 is 2.27 bits per heavy atom. The Bertz CT molecular complexity index is 549. The van der Waals surface area contributed by atoms with Gasteiger partial charge in [-0.05, 0) is 13.8 Å². The summed E-state index contributed by atoms with van der Waals surface area (Å²) in [6.07, 6.45) is 6.77. The molecule has 0 spiro atoms. The first-order valence-electron chi connectivity index (χ1n) is 4.56. The zero-order valence-electron chi connectivity index (χ0n) is 8.60. The van der Waals surface area contributed by atoms with E-state index in [9.17, 15) is 0 Å². The first-order chi connectivity index (χ1) is 7.15. The van der Waals surface area contributed by atoms with Crippen molar-refractivity contribution in [1.82, 2.24) is 19.7 Å². The molecule has 0 saturated carbocycles. The van der Waals surface area contributed by atoms with Gasteiger partial charge >= 0.3 is 0 Å². The summed E-state index contributed by atoms with van der Waals surface area (Å²) in [5.74, 6) is 3.04. The van der Waals surface area contributed by atoms with E-state index in [4.69, 9.17) is 12.2 Å². The topological polar surface area (TPSA) is 69.6 Å². The van der Waals surface area contributed by atoms with Crippen LogP contribution >= 0.6 is 0 Å². The third kappa shape index (κ3) is 1.31. The molecule has 2 N–H and O–H groups in total. The molecule has 2 aromatic heterocycles. The molecule has 2 rings (SSSR count). The number of aryl methyl sites for hydroxylation is 1. The van der Waals surface area contributed by atoms with E-state index in [-0.39, 0.29) is 6.04 Å². The summed E-state index contributed by atoms with van der Waals surface area (Å²) in [7, 11) is 0. The lowest BCUT2D eigenvalue weighted by atomic mass is 10.3. The number of nitrogens with zero attached hydrogens (tertiary/aromatic N) is 4. The second-order valence-corrected chi connectivity index (χ2v) is 3.33. The molecule has 0 fully saturated rings. The number of aromatic nitrogens is 4. The van der Waals surface area contributed by atoms with Crippen LogP contribution in [0.25, 0.3) is 11.0 Å². The SMILES string of the molecule is C#CC(C)n1nc(C)c2c(N)ncnc21. The fourth-order valence-electron chi connectivity index (χ4n) is 1.51. The number of nitrogens with two attached hydrogens (primary N) is 1. The summed E-state index contributed by atoms with van der Waals surface area (Å²) in [4.78, 5) is 8.07. The van der Waals surface area contributed by atoms with E-state index in [1.165, 1.54) is 6.33 Å². The van der Waals surface area contributed by atoms with Crippen molar-refractivity contribution >= 4 is 16.9 Å². The summed E-state index contributed by atoms with van der Waals surface area (Å²) in [5.41, 5.74) is 7.24. The van der Waals surface area contributed by atoms with Gasteiger partial charge in [0.05, 0.1) is 11.1 Å². The summed E-state index contributed by atoms with van der Waals surface area (Å²) in [5, 5.41) is 5.09. The molecule has 0 aliphatic carbocycles. The van der Waals surface area contributed by atoms with Gasteiger partial charge in [-0.2, -0.15) is 5.10 Å². The van der Waals surface area contributed by atoms with Crippen LogP contribution in [0.1, 0.15) is 18.7 Å². The second kappa shape index (κ2) is 3.24. The van der Waals surface area contributed by atoms with Gasteiger partial charge in [-0.25, -0.2) is 14.6 Å². The second-order valence-electron chi connectivity index (χ2n) is 3.33. The molecule has 15 heavy (non-hydrogen) atoms. The van der Waals surface area contributed by atoms with Crippen LogP contribution in [0.4, 0.5) is 5.82 Å². The number of terminal acetylenes is 1. The molecule has 2 aromatic rings. The first-order valence-corrected chi connectivity index (χ1v) is 4.56. The highest BCUT2D eigenvalue weighted by atomic mass is 15.3. The van der Waals surface area contributed by atoms with Gasteiger partial charge in [0.25, 0.3) is 0 Å². The maximum absolute atomic E-state index is 5.76. The van der Waals surface area contributed by atoms with Crippen LogP contribution in [0.2, 0.25) is 0 Å². The molecule has 5 nitrogen and oxygen atoms in total. The first kappa shape index (κ1) is 9.46. The van der Waals surface area contributed by atoms with Gasteiger partial charge in [0.2, 0.25) is 0 Å². The minimum Gasteiger partial charge on any atom is -0.383 e. The Balaban J connectivity index is 2.80. The fraction of sp³-hybridized carbons (Fsp3) is 0.300. The van der Waals surface area contributed by atoms with Crippen molar-refractivity contribution in [2.75, 3.05) is 5.73 Å². The van der Waals surface area contributed by atoms with Gasteiger partial charge in [-0.15, -0.1) is 6.42 Å². The van der Waals surface area contributed by atoms with E-state index in [1.807, 2.05) is 13.8 Å². The maximum Gasteiger partial charge on any atom is 0.164 e. The van der Waals surface area contributed by atoms with Gasteiger partial charge in [0.15, 0.2) is 5.65 Å². The summed E-state index contributed by atoms with van der Waals surface area (Å²) in [6, 6.07) is -0.143. The molecule has 1 unspecified atom stereocenters. The summed E-state index contributed by atoms with van der Waals surface area (Å²) in [6.45, 7) is 3.74. The summed E-state index contributed by atoms with van der Waals surface area (Å²) < 4.78 is 1.68. The maximum atomic E-state index is 5.76. The molecule has 76 valence electrons. The molecule has 5 heteroatoms. The van der Waals surface area contributed by atoms with Crippen LogP contribution in [0.3, 0.4) is 0 Å². The Hall–Kier alpha value is -2.09. The minimum absolute atomic E-state index is 0.143. The highest BCUT2D eigenvalue weighted by Crippen LogP contribution is 2.22. The highest BCUT2D eigenvalue weighted by molar-refractivity contribution is 5.87. The predicted octanol–water partition coefficient (Wildman–Crippen LogP) is 0.911. The van der Waals surface area contributed by atoms with Gasteiger partial charge in [-0.1, -0.05) is 5.92 Å². The van der Waals surface area contributed by atoms with Crippen molar-refractivity contribution in [2.24, 2.45) is 0 Å². The number of rotatable bonds is 1. The lowest BCUT2D eigenvalue weighted by Crippen LogP contribution is -2.05. The van der Waals surface area contributed by atoms with Gasteiger partial charge in [-0.3, -0.25) is 0 Å². The molecule has 0 saturated heterocycles. The van der Waals surface area contributed by atoms with E-state index in [2.05, 4.69) is 21.0 Å². The zero-order valence-corrected chi connectivity index (χ0v) is 8.60. The van der Waals surface area contributed by atoms with Gasteiger partial charge < -0.3 is 5.73 Å². The van der Waals surface area contributed by atoms with Crippen LogP contribution in [0.5, 0.6) is 0 Å². The number of hydrogen-bond donors (Lipinski definition) is 1. The third-order valence-electron chi connectivity index (χ3n) is 2.30. The van der Waals surface area contributed by atoms with Crippen LogP contribution in [-0.4, -0.2) is 19.7 Å². The molecule has 0 bridgehead atoms. The molecule has 1 atom stereocenters. The quantitative estimate of drug-likeness (QED) is 0.696. The molecule has 0 amide bonds. The number of fused-ring (bicyclic) bond motifs is 1. The van der Waals surface area contributed by atoms with Crippen molar-refractivity contribution in [3.05, 3.63) is 12.0 Å². The molecule has 0 radical (unpaired) electrons. The molecule has 0 aromatic carbocycles. The molecular weight excluding hydrogens is 190 g/mol. The molecule has 0 aliphatic rings. The molecule has 0 aliphatic heterocycles. The zero-order chi connectivity index (χ0) is 11.0. The number of anilines is 1. The van der Waals surface area contributed by atoms with E-state index < -0.39 is 0 Å². The van der Waals surface area contributed by atoms with Crippen molar-refractivity contribution < 1.29 is 0 Å². The van der Waals surface area contributed by atoms with Crippen molar-refractivity contribution in [3.63, 3.8) is 0 Å². The van der Waals surface area contributed by atoms with Crippen LogP contribution in [0.15, 0.2) is 6.33 Å². The lowest BCUT2D eigenvalue weighted by Gasteiger charge is -2.04. The molecular formula is C10H11N5. The van der Waals surface area contributed by atoms with Crippen molar-refractivity contribution in [1.29, 1.82) is 0 Å². The fourth-order valence-corrected chi connectivity index (χ4v) is 1.51. The van der Waals surface area contributed by atoms with E-state index in [0.717, 1.165) is 11.1 Å². The van der Waals surface area contributed by atoms with E-state index in [0.29, 0.717) is 11.5 Å². The minimum atomic E-state index is -0.143. The average molecular weight is 201 g/mol. The monoisotopic (exact) mass is 201 g/mol. The number of nitrogen functional groups attached to an aromatic ring is 1. The third-order valence-corrected chi connectivity index (χ3v) is 2.30. The largest absolute Gasteiger partial charge is 0.383 e. The Kier molecular flexibility index (Phi) is 2.05. The Labute approximate surface area is 87.3 Å². The Morgan fingerprint density at radius 1 is 1.53 bits per heavy atom. The average Bonchev–Trinajstić information content (AvgIpc) is 2.56. The molecule has 2 heterocycles. The Morgan fingerprint density at radius 3 is 2.93 bits per heavy atom. The summed E-state index contributed by atoms with van der Waals surface area (Å²) >= 11 is 0. The normalized spacial score (nSPS) is 12.6. The standard InChI is InChI=1S/C10H11N5/c1-4-6(2)15-10-8(7(3)14-15)9(11)12-5-13-10/h1,5-6H,2-3H3,(H2,11,12,13). The van der Waals surface area contributed by atoms with Crippen LogP contribution < -0.4 is 5.73 Å².